The summed E-state index contributed by atoms with van der Waals surface area (Å²) in [6.45, 7) is 16.8. The average molecular weight is 632 g/mol. The molecule has 0 bridgehead atoms. The lowest BCUT2D eigenvalue weighted by Gasteiger charge is -2.44. The number of rotatable bonds is 7. The molecule has 0 aliphatic carbocycles. The summed E-state index contributed by atoms with van der Waals surface area (Å²) in [5, 5.41) is 1.13. The lowest BCUT2D eigenvalue weighted by atomic mass is 9.97. The average Bonchev–Trinajstić information content (AvgIpc) is 2.98. The van der Waals surface area contributed by atoms with Gasteiger partial charge in [0.15, 0.2) is 5.65 Å². The number of amides is 1. The Balaban J connectivity index is 1.83. The van der Waals surface area contributed by atoms with Gasteiger partial charge in [0.1, 0.15) is 5.82 Å². The van der Waals surface area contributed by atoms with Crippen molar-refractivity contribution < 1.29 is 8.98 Å². The minimum atomic E-state index is -0.431. The highest BCUT2D eigenvalue weighted by Gasteiger charge is 2.34. The van der Waals surface area contributed by atoms with Crippen molar-refractivity contribution in [2.45, 2.75) is 64.4 Å². The first kappa shape index (κ1) is 31.8. The number of hydrogen-bond donors (Lipinski definition) is 0. The molecule has 2 aromatic heterocycles. The number of piperazine rings is 1. The highest BCUT2D eigenvalue weighted by Crippen LogP contribution is 2.38. The van der Waals surface area contributed by atoms with E-state index >= 15 is 0 Å². The Labute approximate surface area is 267 Å². The van der Waals surface area contributed by atoms with Crippen LogP contribution in [0.3, 0.4) is 0 Å². The van der Waals surface area contributed by atoms with E-state index in [4.69, 9.17) is 25.8 Å². The highest BCUT2D eigenvalue weighted by atomic mass is 35.5. The number of pyridine rings is 1. The quantitative estimate of drug-likeness (QED) is 0.159. The number of aryl methyl sites for hydroxylation is 2. The number of hydrogen-bond acceptors (Lipinski definition) is 7. The van der Waals surface area contributed by atoms with Crippen LogP contribution in [0.4, 0.5) is 5.82 Å². The van der Waals surface area contributed by atoms with Crippen LogP contribution in [0.5, 0.6) is 0 Å². The van der Waals surface area contributed by atoms with Crippen LogP contribution in [-0.2, 0) is 8.98 Å². The van der Waals surface area contributed by atoms with Crippen molar-refractivity contribution in [1.82, 2.24) is 19.4 Å². The normalized spacial score (nSPS) is 17.0. The Kier molecular flexibility index (Phi) is 9.20. The second-order valence-corrected chi connectivity index (χ2v) is 13.1. The van der Waals surface area contributed by atoms with E-state index in [1.807, 2.05) is 64.1 Å². The van der Waals surface area contributed by atoms with E-state index in [2.05, 4.69) is 31.4 Å². The summed E-state index contributed by atoms with van der Waals surface area (Å²) in [7, 11) is 1.64. The standard InChI is InChI=1S/C34H38ClN5O3S/c1-9-29(41)38-17-23(7)39(18-22(38)6)32-27-16-28(35)30(25-13-11-10-12-20(25)4)36-33(27)40(34(42)37-32)31-21(5)14-24(44-43-8)15-26(31)19(2)3/h9-16,19,22-23H,1,17-18H2,2-8H3/t22-,23+/m1/s1. The third kappa shape index (κ3) is 5.76. The summed E-state index contributed by atoms with van der Waals surface area (Å²) in [4.78, 5) is 41.5. The summed E-state index contributed by atoms with van der Waals surface area (Å²) in [6.07, 6.45) is 1.34. The second kappa shape index (κ2) is 12.8. The third-order valence-corrected chi connectivity index (χ3v) is 9.13. The van der Waals surface area contributed by atoms with Gasteiger partial charge < -0.3 is 14.0 Å². The maximum absolute atomic E-state index is 14.3. The van der Waals surface area contributed by atoms with Crippen molar-refractivity contribution in [3.63, 3.8) is 0 Å². The molecule has 5 rings (SSSR count). The summed E-state index contributed by atoms with van der Waals surface area (Å²) >= 11 is 8.28. The molecule has 44 heavy (non-hydrogen) atoms. The number of carbonyl (C=O) groups is 1. The van der Waals surface area contributed by atoms with Gasteiger partial charge in [-0.25, -0.2) is 14.3 Å². The Hall–Kier alpha value is -3.66. The van der Waals surface area contributed by atoms with Crippen molar-refractivity contribution in [2.75, 3.05) is 25.1 Å². The number of halogens is 1. The van der Waals surface area contributed by atoms with E-state index in [-0.39, 0.29) is 23.9 Å². The summed E-state index contributed by atoms with van der Waals surface area (Å²) in [5.41, 5.74) is 5.20. The van der Waals surface area contributed by atoms with Crippen LogP contribution < -0.4 is 10.6 Å². The van der Waals surface area contributed by atoms with Crippen molar-refractivity contribution in [3.05, 3.63) is 87.3 Å². The van der Waals surface area contributed by atoms with Crippen molar-refractivity contribution >= 4 is 46.4 Å². The van der Waals surface area contributed by atoms with Crippen molar-refractivity contribution in [3.8, 4) is 16.9 Å². The summed E-state index contributed by atoms with van der Waals surface area (Å²) in [6, 6.07) is 13.6. The maximum atomic E-state index is 14.3. The van der Waals surface area contributed by atoms with E-state index in [0.29, 0.717) is 40.7 Å². The van der Waals surface area contributed by atoms with Gasteiger partial charge in [-0.2, -0.15) is 4.98 Å². The molecule has 2 atom stereocenters. The lowest BCUT2D eigenvalue weighted by Crippen LogP contribution is -2.58. The molecule has 1 amide bonds. The highest BCUT2D eigenvalue weighted by molar-refractivity contribution is 7.94. The molecule has 0 spiro atoms. The van der Waals surface area contributed by atoms with Gasteiger partial charge in [-0.1, -0.05) is 56.3 Å². The second-order valence-electron chi connectivity index (χ2n) is 11.7. The Morgan fingerprint density at radius 3 is 2.48 bits per heavy atom. The SMILES string of the molecule is C=CC(=O)N1C[C@H](C)N(c2nc(=O)n(-c3c(C)cc(SOC)cc3C(C)C)c3nc(-c4ccccc4C)c(Cl)cc23)C[C@H]1C. The molecule has 1 aliphatic heterocycles. The molecule has 3 heterocycles. The van der Waals surface area contributed by atoms with Gasteiger partial charge in [0, 0.05) is 47.7 Å². The van der Waals surface area contributed by atoms with E-state index in [1.54, 1.807) is 16.6 Å². The minimum Gasteiger partial charge on any atom is -0.349 e. The van der Waals surface area contributed by atoms with Gasteiger partial charge in [-0.3, -0.25) is 4.79 Å². The van der Waals surface area contributed by atoms with Gasteiger partial charge in [0.2, 0.25) is 5.91 Å². The maximum Gasteiger partial charge on any atom is 0.355 e. The predicted molar refractivity (Wildman–Crippen MR) is 180 cm³/mol. The zero-order chi connectivity index (χ0) is 31.9. The molecule has 4 aromatic rings. The number of nitrogens with zero attached hydrogens (tertiary/aromatic N) is 5. The van der Waals surface area contributed by atoms with E-state index in [0.717, 1.165) is 32.8 Å². The number of anilines is 1. The van der Waals surface area contributed by atoms with Crippen LogP contribution >= 0.6 is 23.6 Å². The van der Waals surface area contributed by atoms with Crippen LogP contribution in [-0.4, -0.2) is 57.6 Å². The molecule has 0 unspecified atom stereocenters. The molecule has 8 nitrogen and oxygen atoms in total. The monoisotopic (exact) mass is 631 g/mol. The Bertz CT molecular complexity index is 1820. The molecule has 1 aliphatic rings. The number of aromatic nitrogens is 3. The van der Waals surface area contributed by atoms with Crippen LogP contribution in [0.1, 0.15) is 50.3 Å². The van der Waals surface area contributed by atoms with Crippen molar-refractivity contribution in [2.24, 2.45) is 0 Å². The minimum absolute atomic E-state index is 0.0993. The number of carbonyl (C=O) groups excluding carboxylic acids is 1. The van der Waals surface area contributed by atoms with Gasteiger partial charge in [0.05, 0.1) is 28.9 Å². The van der Waals surface area contributed by atoms with Crippen LogP contribution in [0.2, 0.25) is 5.02 Å². The molecular weight excluding hydrogens is 594 g/mol. The first-order valence-electron chi connectivity index (χ1n) is 14.7. The first-order chi connectivity index (χ1) is 21.0. The summed E-state index contributed by atoms with van der Waals surface area (Å²) in [5.74, 6) is 0.492. The molecule has 0 radical (unpaired) electrons. The lowest BCUT2D eigenvalue weighted by molar-refractivity contribution is -0.128. The van der Waals surface area contributed by atoms with Gasteiger partial charge in [-0.15, -0.1) is 0 Å². The predicted octanol–water partition coefficient (Wildman–Crippen LogP) is 7.11. The topological polar surface area (TPSA) is 80.6 Å². The first-order valence-corrected chi connectivity index (χ1v) is 15.8. The fourth-order valence-electron chi connectivity index (χ4n) is 6.06. The summed E-state index contributed by atoms with van der Waals surface area (Å²) < 4.78 is 6.98. The number of benzene rings is 2. The van der Waals surface area contributed by atoms with E-state index in [9.17, 15) is 9.59 Å². The third-order valence-electron chi connectivity index (χ3n) is 8.25. The molecule has 0 N–H and O–H groups in total. The largest absolute Gasteiger partial charge is 0.355 e. The molecule has 1 fully saturated rings. The van der Waals surface area contributed by atoms with Crippen LogP contribution in [0.25, 0.3) is 28.0 Å². The number of fused-ring (bicyclic) bond motifs is 1. The zero-order valence-corrected chi connectivity index (χ0v) is 27.8. The van der Waals surface area contributed by atoms with Crippen molar-refractivity contribution in [1.29, 1.82) is 0 Å². The van der Waals surface area contributed by atoms with E-state index < -0.39 is 5.69 Å². The molecule has 10 heteroatoms. The Morgan fingerprint density at radius 2 is 1.82 bits per heavy atom. The molecule has 0 saturated carbocycles. The van der Waals surface area contributed by atoms with Crippen LogP contribution in [0, 0.1) is 13.8 Å². The van der Waals surface area contributed by atoms with Gasteiger partial charge in [0.25, 0.3) is 0 Å². The fraction of sp³-hybridized carbons (Fsp3) is 0.353. The fourth-order valence-corrected chi connectivity index (χ4v) is 6.91. The Morgan fingerprint density at radius 1 is 1.09 bits per heavy atom. The molecule has 1 saturated heterocycles. The van der Waals surface area contributed by atoms with Gasteiger partial charge >= 0.3 is 5.69 Å². The molecule has 230 valence electrons. The van der Waals surface area contributed by atoms with Gasteiger partial charge in [-0.05, 0) is 74.6 Å². The van der Waals surface area contributed by atoms with E-state index in [1.165, 1.54) is 18.1 Å². The molecular formula is C34H38ClN5O3S. The zero-order valence-electron chi connectivity index (χ0n) is 26.2. The smallest absolute Gasteiger partial charge is 0.349 e. The molecule has 2 aromatic carbocycles. The van der Waals surface area contributed by atoms with Crippen LogP contribution in [0.15, 0.2) is 64.8 Å².